The SMILES string of the molecule is CCCC(=O)N(Cc1ccc(-c2ccc(N(C)C)cc2)cc1)c1cccc(/C=C/C(=O)OC)c1. The van der Waals surface area contributed by atoms with Gasteiger partial charge < -0.3 is 14.5 Å². The van der Waals surface area contributed by atoms with Crippen LogP contribution in [0.25, 0.3) is 17.2 Å². The Hall–Kier alpha value is -3.86. The van der Waals surface area contributed by atoms with Crippen LogP contribution in [0.5, 0.6) is 0 Å². The van der Waals surface area contributed by atoms with Gasteiger partial charge in [-0.1, -0.05) is 55.5 Å². The third-order valence-electron chi connectivity index (χ3n) is 5.57. The van der Waals surface area contributed by atoms with Crippen LogP contribution in [-0.2, 0) is 20.9 Å². The summed E-state index contributed by atoms with van der Waals surface area (Å²) >= 11 is 0. The molecule has 0 N–H and O–H groups in total. The van der Waals surface area contributed by atoms with Crippen molar-refractivity contribution in [1.82, 2.24) is 0 Å². The maximum Gasteiger partial charge on any atom is 0.330 e. The van der Waals surface area contributed by atoms with E-state index < -0.39 is 5.97 Å². The first-order chi connectivity index (χ1) is 16.4. The van der Waals surface area contributed by atoms with E-state index >= 15 is 0 Å². The lowest BCUT2D eigenvalue weighted by atomic mass is 10.0. The summed E-state index contributed by atoms with van der Waals surface area (Å²) in [7, 11) is 5.40. The van der Waals surface area contributed by atoms with Crippen LogP contribution in [0, 0.1) is 0 Å². The minimum atomic E-state index is -0.416. The summed E-state index contributed by atoms with van der Waals surface area (Å²) in [6, 6.07) is 24.4. The summed E-state index contributed by atoms with van der Waals surface area (Å²) in [5, 5.41) is 0. The molecule has 0 aliphatic heterocycles. The summed E-state index contributed by atoms with van der Waals surface area (Å²) in [5.74, 6) is -0.347. The molecule has 0 unspecified atom stereocenters. The highest BCUT2D eigenvalue weighted by Crippen LogP contribution is 2.25. The number of hydrogen-bond donors (Lipinski definition) is 0. The van der Waals surface area contributed by atoms with Crippen molar-refractivity contribution < 1.29 is 14.3 Å². The average Bonchev–Trinajstić information content (AvgIpc) is 2.86. The van der Waals surface area contributed by atoms with Crippen LogP contribution in [-0.4, -0.2) is 33.1 Å². The largest absolute Gasteiger partial charge is 0.466 e. The molecule has 0 fully saturated rings. The van der Waals surface area contributed by atoms with E-state index in [0.29, 0.717) is 13.0 Å². The standard InChI is InChI=1S/C29H32N2O3/c1-5-7-28(32)31(27-9-6-8-22(20-27)12-19-29(33)34-4)21-23-10-13-24(14-11-23)25-15-17-26(18-16-25)30(2)3/h6,8-20H,5,7,21H2,1-4H3/b19-12+. The van der Waals surface area contributed by atoms with Crippen LogP contribution in [0.1, 0.15) is 30.9 Å². The van der Waals surface area contributed by atoms with Gasteiger partial charge in [-0.2, -0.15) is 0 Å². The first-order valence-corrected chi connectivity index (χ1v) is 11.4. The summed E-state index contributed by atoms with van der Waals surface area (Å²) in [4.78, 5) is 28.3. The van der Waals surface area contributed by atoms with Gasteiger partial charge in [-0.3, -0.25) is 4.79 Å². The number of amides is 1. The number of ether oxygens (including phenoxy) is 1. The van der Waals surface area contributed by atoms with E-state index in [0.717, 1.165) is 40.0 Å². The van der Waals surface area contributed by atoms with Gasteiger partial charge in [-0.25, -0.2) is 4.79 Å². The number of carbonyl (C=O) groups is 2. The molecule has 0 heterocycles. The molecule has 3 rings (SSSR count). The fourth-order valence-electron chi connectivity index (χ4n) is 3.64. The Morgan fingerprint density at radius 1 is 0.882 bits per heavy atom. The van der Waals surface area contributed by atoms with Gasteiger partial charge in [0.05, 0.1) is 13.7 Å². The lowest BCUT2D eigenvalue weighted by Crippen LogP contribution is -2.30. The highest BCUT2D eigenvalue weighted by atomic mass is 16.5. The minimum Gasteiger partial charge on any atom is -0.466 e. The molecule has 34 heavy (non-hydrogen) atoms. The van der Waals surface area contributed by atoms with Gasteiger partial charge in [0.1, 0.15) is 0 Å². The van der Waals surface area contributed by atoms with E-state index in [1.54, 1.807) is 11.0 Å². The van der Waals surface area contributed by atoms with Crippen molar-refractivity contribution in [1.29, 1.82) is 0 Å². The van der Waals surface area contributed by atoms with E-state index in [1.165, 1.54) is 13.2 Å². The molecule has 3 aromatic rings. The molecular weight excluding hydrogens is 424 g/mol. The Morgan fingerprint density at radius 2 is 1.53 bits per heavy atom. The third-order valence-corrected chi connectivity index (χ3v) is 5.57. The highest BCUT2D eigenvalue weighted by molar-refractivity contribution is 5.94. The number of esters is 1. The lowest BCUT2D eigenvalue weighted by Gasteiger charge is -2.23. The Labute approximate surface area is 202 Å². The second-order valence-corrected chi connectivity index (χ2v) is 8.32. The Morgan fingerprint density at radius 3 is 2.12 bits per heavy atom. The molecule has 0 bridgehead atoms. The maximum absolute atomic E-state index is 13.0. The van der Waals surface area contributed by atoms with Gasteiger partial charge in [-0.15, -0.1) is 0 Å². The monoisotopic (exact) mass is 456 g/mol. The maximum atomic E-state index is 13.0. The molecule has 0 atom stereocenters. The van der Waals surface area contributed by atoms with Crippen LogP contribution in [0.3, 0.4) is 0 Å². The number of anilines is 2. The average molecular weight is 457 g/mol. The Bertz CT molecular complexity index is 1130. The molecule has 1 amide bonds. The molecular formula is C29H32N2O3. The number of nitrogens with zero attached hydrogens (tertiary/aromatic N) is 2. The van der Waals surface area contributed by atoms with E-state index in [4.69, 9.17) is 0 Å². The third kappa shape index (κ3) is 6.58. The zero-order valence-corrected chi connectivity index (χ0v) is 20.3. The fraction of sp³-hybridized carbons (Fsp3) is 0.241. The first kappa shape index (κ1) is 24.8. The molecule has 0 radical (unpaired) electrons. The molecule has 0 saturated carbocycles. The quantitative estimate of drug-likeness (QED) is 0.295. The van der Waals surface area contributed by atoms with Crippen LogP contribution in [0.2, 0.25) is 0 Å². The van der Waals surface area contributed by atoms with Crippen LogP contribution < -0.4 is 9.80 Å². The summed E-state index contributed by atoms with van der Waals surface area (Å²) < 4.78 is 4.66. The van der Waals surface area contributed by atoms with Gasteiger partial charge in [-0.05, 0) is 59.0 Å². The minimum absolute atomic E-state index is 0.0694. The number of rotatable bonds is 9. The summed E-state index contributed by atoms with van der Waals surface area (Å²) in [6.45, 7) is 2.48. The molecule has 5 heteroatoms. The number of hydrogen-bond acceptors (Lipinski definition) is 4. The van der Waals surface area contributed by atoms with Crippen molar-refractivity contribution >= 4 is 29.3 Å². The highest BCUT2D eigenvalue weighted by Gasteiger charge is 2.16. The Balaban J connectivity index is 1.82. The molecule has 0 spiro atoms. The van der Waals surface area contributed by atoms with E-state index in [9.17, 15) is 9.59 Å². The second kappa shape index (κ2) is 11.8. The topological polar surface area (TPSA) is 49.9 Å². The van der Waals surface area contributed by atoms with Crippen LogP contribution >= 0.6 is 0 Å². The summed E-state index contributed by atoms with van der Waals surface area (Å²) in [5.41, 5.74) is 6.13. The van der Waals surface area contributed by atoms with Crippen molar-refractivity contribution in [2.24, 2.45) is 0 Å². The van der Waals surface area contributed by atoms with Gasteiger partial charge in [0.2, 0.25) is 5.91 Å². The first-order valence-electron chi connectivity index (χ1n) is 11.4. The predicted molar refractivity (Wildman–Crippen MR) is 140 cm³/mol. The zero-order chi connectivity index (χ0) is 24.5. The van der Waals surface area contributed by atoms with E-state index in [-0.39, 0.29) is 5.91 Å². The van der Waals surface area contributed by atoms with Crippen molar-refractivity contribution in [2.75, 3.05) is 31.0 Å². The van der Waals surface area contributed by atoms with Crippen molar-refractivity contribution in [3.8, 4) is 11.1 Å². The normalized spacial score (nSPS) is 10.8. The van der Waals surface area contributed by atoms with Gasteiger partial charge in [0.15, 0.2) is 0 Å². The van der Waals surface area contributed by atoms with Crippen molar-refractivity contribution in [3.05, 3.63) is 90.0 Å². The molecule has 5 nitrogen and oxygen atoms in total. The van der Waals surface area contributed by atoms with Crippen LogP contribution in [0.15, 0.2) is 78.9 Å². The van der Waals surface area contributed by atoms with E-state index in [2.05, 4.69) is 58.2 Å². The molecule has 0 saturated heterocycles. The molecule has 3 aromatic carbocycles. The van der Waals surface area contributed by atoms with Gasteiger partial charge in [0.25, 0.3) is 0 Å². The number of methoxy groups -OCH3 is 1. The zero-order valence-electron chi connectivity index (χ0n) is 20.3. The van der Waals surface area contributed by atoms with Gasteiger partial charge >= 0.3 is 5.97 Å². The molecule has 176 valence electrons. The van der Waals surface area contributed by atoms with Crippen molar-refractivity contribution in [2.45, 2.75) is 26.3 Å². The lowest BCUT2D eigenvalue weighted by molar-refractivity contribution is -0.134. The Kier molecular flexibility index (Phi) is 8.63. The van der Waals surface area contributed by atoms with Crippen molar-refractivity contribution in [3.63, 3.8) is 0 Å². The van der Waals surface area contributed by atoms with E-state index in [1.807, 2.05) is 45.3 Å². The smallest absolute Gasteiger partial charge is 0.330 e. The number of carbonyl (C=O) groups excluding carboxylic acids is 2. The molecule has 0 aliphatic rings. The predicted octanol–water partition coefficient (Wildman–Crippen LogP) is 5.94. The fourth-order valence-corrected chi connectivity index (χ4v) is 3.64. The second-order valence-electron chi connectivity index (χ2n) is 8.32. The molecule has 0 aromatic heterocycles. The van der Waals surface area contributed by atoms with Gasteiger partial charge in [0, 0.05) is 38.0 Å². The van der Waals surface area contributed by atoms with Crippen LogP contribution in [0.4, 0.5) is 11.4 Å². The molecule has 0 aliphatic carbocycles. The number of benzene rings is 3. The summed E-state index contributed by atoms with van der Waals surface area (Å²) in [6.07, 6.45) is 4.31.